The van der Waals surface area contributed by atoms with Crippen molar-refractivity contribution in [1.82, 2.24) is 20.0 Å². The number of nitrogens with one attached hydrogen (secondary N) is 2. The molecule has 0 spiro atoms. The lowest BCUT2D eigenvalue weighted by atomic mass is 10.0. The largest absolute Gasteiger partial charge is 0.382 e. The van der Waals surface area contributed by atoms with Crippen LogP contribution in [0.2, 0.25) is 5.02 Å². The Kier molecular flexibility index (Phi) is 5.83. The molecule has 1 aliphatic rings. The van der Waals surface area contributed by atoms with Crippen LogP contribution >= 0.6 is 11.6 Å². The first kappa shape index (κ1) is 21.3. The zero-order chi connectivity index (χ0) is 25.3. The number of aromatic nitrogens is 4. The van der Waals surface area contributed by atoms with Crippen molar-refractivity contribution >= 4 is 33.9 Å². The highest BCUT2D eigenvalue weighted by Crippen LogP contribution is 2.37. The standard InChI is InChI=1S/C25H20ClFN8/c26-21-11-18(10-20-23(30-9-1-8-28)16(12-29)13-31-25(20)21)32-24(15-2-4-17(27)5-3-15)22-14-35(34-33-22)19-6-7-19/h2-5,10-11,13-14,19,24,32H,1,6-7,9H2,(H,30,31)/i24D. The second kappa shape index (κ2) is 9.57. The van der Waals surface area contributed by atoms with Gasteiger partial charge in [0.25, 0.3) is 0 Å². The summed E-state index contributed by atoms with van der Waals surface area (Å²) < 4.78 is 24.9. The second-order valence-electron chi connectivity index (χ2n) is 8.17. The summed E-state index contributed by atoms with van der Waals surface area (Å²) in [5.74, 6) is -0.417. The van der Waals surface area contributed by atoms with E-state index >= 15 is 0 Å². The van der Waals surface area contributed by atoms with E-state index in [9.17, 15) is 11.0 Å². The molecule has 8 nitrogen and oxygen atoms in total. The maximum atomic E-state index is 13.7. The molecule has 1 atom stereocenters. The number of benzene rings is 2. The lowest BCUT2D eigenvalue weighted by Gasteiger charge is -2.20. The molecule has 2 N–H and O–H groups in total. The van der Waals surface area contributed by atoms with E-state index in [2.05, 4.69) is 38.1 Å². The second-order valence-corrected chi connectivity index (χ2v) is 8.58. The number of hydrogen-bond donors (Lipinski definition) is 2. The molecule has 0 bridgehead atoms. The van der Waals surface area contributed by atoms with Gasteiger partial charge in [-0.15, -0.1) is 5.10 Å². The van der Waals surface area contributed by atoms with Crippen molar-refractivity contribution in [2.24, 2.45) is 0 Å². The monoisotopic (exact) mass is 487 g/mol. The lowest BCUT2D eigenvalue weighted by molar-refractivity contribution is 0.610. The summed E-state index contributed by atoms with van der Waals surface area (Å²) >= 11 is 6.58. The fourth-order valence-electron chi connectivity index (χ4n) is 3.80. The fraction of sp³-hybridized carbons (Fsp3) is 0.240. The Labute approximate surface area is 207 Å². The highest BCUT2D eigenvalue weighted by atomic mass is 35.5. The summed E-state index contributed by atoms with van der Waals surface area (Å²) in [6.07, 6.45) is 5.42. The highest BCUT2D eigenvalue weighted by Gasteiger charge is 2.27. The molecule has 1 saturated carbocycles. The number of pyridine rings is 1. The minimum atomic E-state index is -1.62. The van der Waals surface area contributed by atoms with Gasteiger partial charge in [-0.2, -0.15) is 10.5 Å². The molecule has 2 aromatic carbocycles. The van der Waals surface area contributed by atoms with Crippen LogP contribution in [0.15, 0.2) is 48.8 Å². The van der Waals surface area contributed by atoms with Gasteiger partial charge < -0.3 is 10.6 Å². The van der Waals surface area contributed by atoms with Crippen LogP contribution in [0.3, 0.4) is 0 Å². The first-order valence-electron chi connectivity index (χ1n) is 11.5. The fourth-order valence-corrected chi connectivity index (χ4v) is 4.07. The van der Waals surface area contributed by atoms with Crippen molar-refractivity contribution in [2.75, 3.05) is 17.2 Å². The van der Waals surface area contributed by atoms with Crippen LogP contribution in [0.4, 0.5) is 15.8 Å². The van der Waals surface area contributed by atoms with Crippen molar-refractivity contribution in [2.45, 2.75) is 31.3 Å². The highest BCUT2D eigenvalue weighted by molar-refractivity contribution is 6.35. The molecular formula is C25H20ClFN8. The number of nitriles is 2. The molecule has 1 unspecified atom stereocenters. The van der Waals surface area contributed by atoms with E-state index in [0.717, 1.165) is 12.8 Å². The van der Waals surface area contributed by atoms with Crippen LogP contribution in [-0.4, -0.2) is 26.5 Å². The van der Waals surface area contributed by atoms with Gasteiger partial charge >= 0.3 is 0 Å². The molecule has 5 rings (SSSR count). The first-order chi connectivity index (χ1) is 17.4. The molecule has 10 heteroatoms. The molecule has 0 radical (unpaired) electrons. The molecule has 174 valence electrons. The van der Waals surface area contributed by atoms with E-state index in [1.807, 2.05) is 0 Å². The maximum Gasteiger partial charge on any atom is 0.123 e. The summed E-state index contributed by atoms with van der Waals surface area (Å²) in [5, 5.41) is 34.2. The zero-order valence-corrected chi connectivity index (χ0v) is 19.2. The third-order valence-corrected chi connectivity index (χ3v) is 5.96. The van der Waals surface area contributed by atoms with Crippen LogP contribution in [0.1, 0.15) is 49.5 Å². The first-order valence-corrected chi connectivity index (χ1v) is 11.4. The third-order valence-electron chi connectivity index (χ3n) is 5.67. The van der Waals surface area contributed by atoms with Crippen LogP contribution in [-0.2, 0) is 0 Å². The van der Waals surface area contributed by atoms with Gasteiger partial charge in [0.05, 0.1) is 53.9 Å². The minimum absolute atomic E-state index is 0.247. The van der Waals surface area contributed by atoms with Crippen molar-refractivity contribution in [3.8, 4) is 12.1 Å². The van der Waals surface area contributed by atoms with Gasteiger partial charge in [-0.3, -0.25) is 4.98 Å². The van der Waals surface area contributed by atoms with Crippen molar-refractivity contribution in [3.05, 3.63) is 76.5 Å². The molecule has 2 heterocycles. The Balaban J connectivity index is 1.62. The quantitative estimate of drug-likeness (QED) is 0.322. The Morgan fingerprint density at radius 2 is 2.06 bits per heavy atom. The lowest BCUT2D eigenvalue weighted by Crippen LogP contribution is -2.13. The van der Waals surface area contributed by atoms with Crippen LogP contribution in [0.25, 0.3) is 10.9 Å². The van der Waals surface area contributed by atoms with E-state index in [-0.39, 0.29) is 12.5 Å². The van der Waals surface area contributed by atoms with Gasteiger partial charge in [0, 0.05) is 23.8 Å². The van der Waals surface area contributed by atoms with Crippen LogP contribution in [0, 0.1) is 28.5 Å². The van der Waals surface area contributed by atoms with Gasteiger partial charge in [0.2, 0.25) is 0 Å². The number of rotatable bonds is 8. The Morgan fingerprint density at radius 1 is 1.26 bits per heavy atom. The molecule has 0 aliphatic heterocycles. The number of anilines is 2. The summed E-state index contributed by atoms with van der Waals surface area (Å²) in [4.78, 5) is 4.33. The number of nitrogens with zero attached hydrogens (tertiary/aromatic N) is 6. The number of hydrogen-bond acceptors (Lipinski definition) is 7. The minimum Gasteiger partial charge on any atom is -0.382 e. The zero-order valence-electron chi connectivity index (χ0n) is 19.5. The Bertz CT molecular complexity index is 1520. The van der Waals surface area contributed by atoms with E-state index in [0.29, 0.717) is 50.7 Å². The third kappa shape index (κ3) is 4.72. The molecular weight excluding hydrogens is 467 g/mol. The van der Waals surface area contributed by atoms with Gasteiger partial charge in [-0.1, -0.05) is 28.9 Å². The Morgan fingerprint density at radius 3 is 2.77 bits per heavy atom. The number of fused-ring (bicyclic) bond motifs is 1. The molecule has 4 aromatic rings. The average molecular weight is 488 g/mol. The van der Waals surface area contributed by atoms with Gasteiger partial charge in [0.15, 0.2) is 0 Å². The van der Waals surface area contributed by atoms with Crippen LogP contribution < -0.4 is 10.6 Å². The van der Waals surface area contributed by atoms with E-state index < -0.39 is 11.8 Å². The van der Waals surface area contributed by atoms with Gasteiger partial charge in [0.1, 0.15) is 17.6 Å². The molecule has 0 amide bonds. The number of halogens is 2. The predicted molar refractivity (Wildman–Crippen MR) is 130 cm³/mol. The maximum absolute atomic E-state index is 13.7. The normalized spacial score (nSPS) is 15.0. The predicted octanol–water partition coefficient (Wildman–Crippen LogP) is 5.35. The van der Waals surface area contributed by atoms with E-state index in [4.69, 9.17) is 16.9 Å². The summed E-state index contributed by atoms with van der Waals surface area (Å²) in [7, 11) is 0. The SMILES string of the molecule is [2H]C(Nc1cc(Cl)c2ncc(C#N)c(NCCC#N)c2c1)(c1ccc(F)cc1)c1cn(C2CC2)nn1. The average Bonchev–Trinajstić information content (AvgIpc) is 3.60. The topological polar surface area (TPSA) is 115 Å². The van der Waals surface area contributed by atoms with E-state index in [1.165, 1.54) is 30.5 Å². The summed E-state index contributed by atoms with van der Waals surface area (Å²) in [6, 6.07) is 11.8. The summed E-state index contributed by atoms with van der Waals surface area (Å²) in [5.41, 5.74) is 2.54. The van der Waals surface area contributed by atoms with Crippen molar-refractivity contribution in [1.29, 1.82) is 10.5 Å². The molecule has 1 aliphatic carbocycles. The molecule has 0 saturated heterocycles. The van der Waals surface area contributed by atoms with Crippen molar-refractivity contribution < 1.29 is 5.76 Å². The van der Waals surface area contributed by atoms with Crippen molar-refractivity contribution in [3.63, 3.8) is 0 Å². The smallest absolute Gasteiger partial charge is 0.123 e. The molecule has 2 aromatic heterocycles. The Hall–Kier alpha value is -4.21. The van der Waals surface area contributed by atoms with Crippen LogP contribution in [0.5, 0.6) is 0 Å². The molecule has 35 heavy (non-hydrogen) atoms. The van der Waals surface area contributed by atoms with Gasteiger partial charge in [-0.05, 0) is 42.7 Å². The summed E-state index contributed by atoms with van der Waals surface area (Å²) in [6.45, 7) is 0.335. The van der Waals surface area contributed by atoms with E-state index in [1.54, 1.807) is 23.0 Å². The van der Waals surface area contributed by atoms with Gasteiger partial charge in [-0.25, -0.2) is 9.07 Å². The molecule has 1 fully saturated rings.